The molecule has 10 rings (SSSR count). The highest BCUT2D eigenvalue weighted by atomic mass is 14.4. The summed E-state index contributed by atoms with van der Waals surface area (Å²) in [6.07, 6.45) is 43.7. The van der Waals surface area contributed by atoms with Crippen molar-refractivity contribution >= 4 is 44.0 Å². The second-order valence-corrected chi connectivity index (χ2v) is 14.6. The van der Waals surface area contributed by atoms with Crippen LogP contribution in [0.25, 0.3) is 55.1 Å². The van der Waals surface area contributed by atoms with Crippen LogP contribution in [0.2, 0.25) is 0 Å². The molecular weight excluding hydrogens is 625 g/mol. The highest BCUT2D eigenvalue weighted by Crippen LogP contribution is 2.47. The number of rotatable bonds is 5. The van der Waals surface area contributed by atoms with E-state index in [1.807, 2.05) is 0 Å². The van der Waals surface area contributed by atoms with Gasteiger partial charge in [0.1, 0.15) is 0 Å². The van der Waals surface area contributed by atoms with E-state index >= 15 is 0 Å². The Kier molecular flexibility index (Phi) is 7.68. The van der Waals surface area contributed by atoms with Crippen LogP contribution in [0.1, 0.15) is 24.0 Å². The molecule has 5 aromatic carbocycles. The van der Waals surface area contributed by atoms with Crippen molar-refractivity contribution in [3.05, 3.63) is 216 Å². The number of hydrogen-bond donors (Lipinski definition) is 0. The number of benzene rings is 5. The molecule has 0 nitrogen and oxygen atoms in total. The van der Waals surface area contributed by atoms with E-state index in [0.29, 0.717) is 23.7 Å². The van der Waals surface area contributed by atoms with Crippen molar-refractivity contribution in [1.82, 2.24) is 0 Å². The molecular formula is C52H40. The summed E-state index contributed by atoms with van der Waals surface area (Å²) in [6.45, 7) is 0. The average molecular weight is 665 g/mol. The Balaban J connectivity index is 1.08. The number of hydrogen-bond acceptors (Lipinski definition) is 0. The van der Waals surface area contributed by atoms with Gasteiger partial charge in [-0.15, -0.1) is 0 Å². The van der Waals surface area contributed by atoms with E-state index in [0.717, 1.165) is 12.8 Å². The third-order valence-corrected chi connectivity index (χ3v) is 11.8. The summed E-state index contributed by atoms with van der Waals surface area (Å²) in [5, 5.41) is 7.85. The smallest absolute Gasteiger partial charge is 0.0128 e. The summed E-state index contributed by atoms with van der Waals surface area (Å²) in [7, 11) is 0. The fraction of sp³-hybridized carbons (Fsp3) is 0.115. The molecule has 5 aliphatic rings. The number of allylic oxidation sites excluding steroid dienone is 21. The van der Waals surface area contributed by atoms with Gasteiger partial charge in [0.15, 0.2) is 0 Å². The van der Waals surface area contributed by atoms with E-state index in [9.17, 15) is 0 Å². The molecule has 0 bridgehead atoms. The third kappa shape index (κ3) is 5.13. The molecule has 0 radical (unpaired) electrons. The highest BCUT2D eigenvalue weighted by molar-refractivity contribution is 6.21. The minimum atomic E-state index is 0.311. The van der Waals surface area contributed by atoms with Crippen molar-refractivity contribution in [3.63, 3.8) is 0 Å². The third-order valence-electron chi connectivity index (χ3n) is 11.8. The molecule has 0 amide bonds. The second-order valence-electron chi connectivity index (χ2n) is 14.6. The Bertz CT molecular complexity index is 2570. The molecule has 0 aromatic heterocycles. The van der Waals surface area contributed by atoms with Crippen LogP contribution in [0.4, 0.5) is 0 Å². The van der Waals surface area contributed by atoms with Gasteiger partial charge >= 0.3 is 0 Å². The molecule has 0 N–H and O–H groups in total. The molecule has 52 heavy (non-hydrogen) atoms. The van der Waals surface area contributed by atoms with Crippen LogP contribution in [0, 0.1) is 23.7 Å². The SMILES string of the molecule is C1=CCCC(c2c3ccccc3c(-c3ccc(C=CC4=CC=C(C5=CC=CC6C=CC=CC56)C5C=CC=CC45)c4ccccc34)c3ccccc23)=C1. The topological polar surface area (TPSA) is 0 Å². The second kappa shape index (κ2) is 13.0. The van der Waals surface area contributed by atoms with Crippen molar-refractivity contribution in [2.45, 2.75) is 12.8 Å². The lowest BCUT2D eigenvalue weighted by molar-refractivity contribution is 0.564. The predicted octanol–water partition coefficient (Wildman–Crippen LogP) is 13.6. The molecule has 0 aliphatic heterocycles. The van der Waals surface area contributed by atoms with Crippen molar-refractivity contribution in [3.8, 4) is 11.1 Å². The fourth-order valence-electron chi connectivity index (χ4n) is 9.34. The molecule has 5 aliphatic carbocycles. The van der Waals surface area contributed by atoms with Gasteiger partial charge in [-0.05, 0) is 89.7 Å². The maximum atomic E-state index is 2.40. The Labute approximate surface area is 306 Å². The van der Waals surface area contributed by atoms with Crippen molar-refractivity contribution in [2.75, 3.05) is 0 Å². The molecule has 0 saturated carbocycles. The highest BCUT2D eigenvalue weighted by Gasteiger charge is 2.33. The average Bonchev–Trinajstić information content (AvgIpc) is 3.22. The zero-order valence-electron chi connectivity index (χ0n) is 29.2. The molecule has 0 spiro atoms. The monoisotopic (exact) mass is 664 g/mol. The van der Waals surface area contributed by atoms with Crippen molar-refractivity contribution < 1.29 is 0 Å². The van der Waals surface area contributed by atoms with Crippen molar-refractivity contribution in [1.29, 1.82) is 0 Å². The summed E-state index contributed by atoms with van der Waals surface area (Å²) in [4.78, 5) is 0. The lowest BCUT2D eigenvalue weighted by Crippen LogP contribution is -2.25. The van der Waals surface area contributed by atoms with Gasteiger partial charge in [-0.3, -0.25) is 0 Å². The molecule has 5 aromatic rings. The first-order valence-electron chi connectivity index (χ1n) is 18.8. The zero-order valence-corrected chi connectivity index (χ0v) is 29.2. The van der Waals surface area contributed by atoms with Crippen molar-refractivity contribution in [2.24, 2.45) is 23.7 Å². The first-order chi connectivity index (χ1) is 25.8. The van der Waals surface area contributed by atoms with Gasteiger partial charge < -0.3 is 0 Å². The van der Waals surface area contributed by atoms with Gasteiger partial charge in [-0.2, -0.15) is 0 Å². The molecule has 0 heteroatoms. The lowest BCUT2D eigenvalue weighted by atomic mass is 9.68. The zero-order chi connectivity index (χ0) is 34.4. The predicted molar refractivity (Wildman–Crippen MR) is 224 cm³/mol. The van der Waals surface area contributed by atoms with Gasteiger partial charge in [-0.25, -0.2) is 0 Å². The van der Waals surface area contributed by atoms with E-state index in [1.54, 1.807) is 0 Å². The molecule has 248 valence electrons. The van der Waals surface area contributed by atoms with Gasteiger partial charge in [0.2, 0.25) is 0 Å². The van der Waals surface area contributed by atoms with E-state index < -0.39 is 0 Å². The van der Waals surface area contributed by atoms with Crippen LogP contribution in [0.5, 0.6) is 0 Å². The first kappa shape index (κ1) is 30.8. The molecule has 0 heterocycles. The first-order valence-corrected chi connectivity index (χ1v) is 18.8. The van der Waals surface area contributed by atoms with Crippen LogP contribution >= 0.6 is 0 Å². The van der Waals surface area contributed by atoms with Gasteiger partial charge in [0, 0.05) is 23.7 Å². The van der Waals surface area contributed by atoms with E-state index in [4.69, 9.17) is 0 Å². The van der Waals surface area contributed by atoms with E-state index in [2.05, 4.69) is 194 Å². The maximum absolute atomic E-state index is 2.40. The Hall–Kier alpha value is -5.98. The number of fused-ring (bicyclic) bond motifs is 5. The minimum Gasteiger partial charge on any atom is -0.0842 e. The fourth-order valence-corrected chi connectivity index (χ4v) is 9.34. The summed E-state index contributed by atoms with van der Waals surface area (Å²) in [5.41, 5.74) is 10.9. The van der Waals surface area contributed by atoms with Crippen LogP contribution in [0.15, 0.2) is 205 Å². The normalized spacial score (nSPS) is 23.2. The van der Waals surface area contributed by atoms with Gasteiger partial charge in [-0.1, -0.05) is 194 Å². The van der Waals surface area contributed by atoms with Gasteiger partial charge in [0.05, 0.1) is 0 Å². The van der Waals surface area contributed by atoms with E-state index in [1.165, 1.54) is 76.9 Å². The van der Waals surface area contributed by atoms with Crippen LogP contribution in [-0.4, -0.2) is 0 Å². The maximum Gasteiger partial charge on any atom is 0.0128 e. The van der Waals surface area contributed by atoms with Gasteiger partial charge in [0.25, 0.3) is 0 Å². The van der Waals surface area contributed by atoms with E-state index in [-0.39, 0.29) is 0 Å². The largest absolute Gasteiger partial charge is 0.0842 e. The summed E-state index contributed by atoms with van der Waals surface area (Å²) in [5.74, 6) is 1.49. The Morgan fingerprint density at radius 2 is 1.06 bits per heavy atom. The summed E-state index contributed by atoms with van der Waals surface area (Å²) < 4.78 is 0. The Morgan fingerprint density at radius 1 is 0.442 bits per heavy atom. The van der Waals surface area contributed by atoms with Crippen LogP contribution in [0.3, 0.4) is 0 Å². The Morgan fingerprint density at radius 3 is 1.79 bits per heavy atom. The molecule has 4 unspecified atom stereocenters. The van der Waals surface area contributed by atoms with Crippen LogP contribution < -0.4 is 0 Å². The quantitative estimate of drug-likeness (QED) is 0.164. The summed E-state index contributed by atoms with van der Waals surface area (Å²) in [6, 6.07) is 31.7. The summed E-state index contributed by atoms with van der Waals surface area (Å²) >= 11 is 0. The molecule has 0 fully saturated rings. The van der Waals surface area contributed by atoms with Crippen LogP contribution in [-0.2, 0) is 0 Å². The lowest BCUT2D eigenvalue weighted by Gasteiger charge is -2.36. The molecule has 4 atom stereocenters. The standard InChI is InChI=1S/C52H40/c1-2-16-38(17-3-1)51-46-24-10-12-26-48(46)52(49-27-13-11-25-47(49)51)50-34-32-37(41-21-7-9-23-44(41)50)30-29-36-31-33-45(42-22-8-6-20-40(36)42)43-28-14-18-35-15-4-5-19-39(35)43/h1-2,4-16,18-35,39-40,42H,3,17H2. The molecule has 0 saturated heterocycles. The minimum absolute atomic E-state index is 0.311.